The molecular weight excluding hydrogens is 260 g/mol. The average Bonchev–Trinajstić information content (AvgIpc) is 2.51. The lowest BCUT2D eigenvalue weighted by atomic mass is 9.81. The van der Waals surface area contributed by atoms with Crippen LogP contribution in [0.3, 0.4) is 0 Å². The van der Waals surface area contributed by atoms with Crippen molar-refractivity contribution in [3.05, 3.63) is 12.7 Å². The van der Waals surface area contributed by atoms with E-state index in [1.807, 2.05) is 0 Å². The number of unbranched alkanes of at least 4 members (excludes halogenated alkanes) is 7. The lowest BCUT2D eigenvalue weighted by Gasteiger charge is -2.36. The molecule has 2 nitrogen and oxygen atoms in total. The van der Waals surface area contributed by atoms with Crippen molar-refractivity contribution in [2.75, 3.05) is 0 Å². The molecule has 0 aromatic carbocycles. The van der Waals surface area contributed by atoms with Gasteiger partial charge in [-0.3, -0.25) is 0 Å². The fourth-order valence-electron chi connectivity index (χ4n) is 3.44. The molecule has 0 aromatic rings. The summed E-state index contributed by atoms with van der Waals surface area (Å²) in [5, 5.41) is 0. The number of hydrogen-bond acceptors (Lipinski definition) is 2. The number of ether oxygens (including phenoxy) is 1. The summed E-state index contributed by atoms with van der Waals surface area (Å²) in [6.07, 6.45) is 18.7. The van der Waals surface area contributed by atoms with E-state index in [1.165, 1.54) is 76.7 Å². The molecule has 0 radical (unpaired) electrons. The van der Waals surface area contributed by atoms with E-state index in [9.17, 15) is 4.79 Å². The van der Waals surface area contributed by atoms with Crippen molar-refractivity contribution in [1.82, 2.24) is 0 Å². The second kappa shape index (κ2) is 10.9. The van der Waals surface area contributed by atoms with Gasteiger partial charge in [-0.25, -0.2) is 4.79 Å². The first-order valence-electron chi connectivity index (χ1n) is 9.08. The van der Waals surface area contributed by atoms with Gasteiger partial charge >= 0.3 is 5.97 Å². The summed E-state index contributed by atoms with van der Waals surface area (Å²) in [5.74, 6) is -0.239. The normalized spacial score (nSPS) is 17.4. The molecule has 0 N–H and O–H groups in total. The molecule has 0 heterocycles. The zero-order valence-electron chi connectivity index (χ0n) is 14.0. The first-order chi connectivity index (χ1) is 10.2. The summed E-state index contributed by atoms with van der Waals surface area (Å²) in [6, 6.07) is 0. The number of hydrogen-bond donors (Lipinski definition) is 0. The van der Waals surface area contributed by atoms with Crippen LogP contribution in [0.4, 0.5) is 0 Å². The lowest BCUT2D eigenvalue weighted by molar-refractivity contribution is -0.158. The Morgan fingerprint density at radius 3 is 2.14 bits per heavy atom. The zero-order chi connectivity index (χ0) is 15.4. The summed E-state index contributed by atoms with van der Waals surface area (Å²) < 4.78 is 5.73. The molecule has 0 amide bonds. The molecule has 1 saturated carbocycles. The van der Waals surface area contributed by atoms with Gasteiger partial charge in [0.1, 0.15) is 5.60 Å². The highest BCUT2D eigenvalue weighted by molar-refractivity contribution is 5.81. The molecule has 2 heteroatoms. The summed E-state index contributed by atoms with van der Waals surface area (Å²) in [4.78, 5) is 11.6. The van der Waals surface area contributed by atoms with E-state index in [0.29, 0.717) is 0 Å². The van der Waals surface area contributed by atoms with Crippen LogP contribution in [-0.4, -0.2) is 11.6 Å². The molecule has 122 valence electrons. The van der Waals surface area contributed by atoms with E-state index in [1.54, 1.807) is 0 Å². The van der Waals surface area contributed by atoms with Gasteiger partial charge < -0.3 is 4.74 Å². The minimum atomic E-state index is -0.239. The van der Waals surface area contributed by atoms with Gasteiger partial charge in [0.2, 0.25) is 0 Å². The largest absolute Gasteiger partial charge is 0.456 e. The highest BCUT2D eigenvalue weighted by Gasteiger charge is 2.34. The minimum absolute atomic E-state index is 0.175. The summed E-state index contributed by atoms with van der Waals surface area (Å²) in [6.45, 7) is 5.79. The Hall–Kier alpha value is -0.790. The van der Waals surface area contributed by atoms with E-state index in [4.69, 9.17) is 4.74 Å². The molecule has 1 aliphatic carbocycles. The van der Waals surface area contributed by atoms with Crippen LogP contribution in [0.1, 0.15) is 96.8 Å². The predicted octanol–water partition coefficient (Wildman–Crippen LogP) is 5.95. The van der Waals surface area contributed by atoms with Gasteiger partial charge in [0, 0.05) is 6.08 Å². The van der Waals surface area contributed by atoms with Gasteiger partial charge in [0.05, 0.1) is 0 Å². The third-order valence-electron chi connectivity index (χ3n) is 4.73. The van der Waals surface area contributed by atoms with Crippen molar-refractivity contribution in [2.24, 2.45) is 0 Å². The third kappa shape index (κ3) is 7.68. The Labute approximate surface area is 131 Å². The smallest absolute Gasteiger partial charge is 0.330 e. The maximum atomic E-state index is 11.6. The van der Waals surface area contributed by atoms with Crippen molar-refractivity contribution in [3.8, 4) is 0 Å². The maximum Gasteiger partial charge on any atom is 0.330 e. The monoisotopic (exact) mass is 294 g/mol. The van der Waals surface area contributed by atoms with Crippen molar-refractivity contribution in [3.63, 3.8) is 0 Å². The Balaban J connectivity index is 2.20. The van der Waals surface area contributed by atoms with Crippen LogP contribution in [0.15, 0.2) is 12.7 Å². The molecule has 0 aliphatic heterocycles. The van der Waals surface area contributed by atoms with Gasteiger partial charge in [-0.2, -0.15) is 0 Å². The van der Waals surface area contributed by atoms with Crippen LogP contribution >= 0.6 is 0 Å². The third-order valence-corrected chi connectivity index (χ3v) is 4.73. The first kappa shape index (κ1) is 18.3. The van der Waals surface area contributed by atoms with E-state index in [2.05, 4.69) is 13.5 Å². The number of esters is 1. The fraction of sp³-hybridized carbons (Fsp3) is 0.842. The highest BCUT2D eigenvalue weighted by atomic mass is 16.6. The van der Waals surface area contributed by atoms with Crippen molar-refractivity contribution in [2.45, 2.75) is 102 Å². The van der Waals surface area contributed by atoms with E-state index in [-0.39, 0.29) is 11.6 Å². The molecule has 1 aliphatic rings. The lowest BCUT2D eigenvalue weighted by Crippen LogP contribution is -2.36. The van der Waals surface area contributed by atoms with Crippen molar-refractivity contribution in [1.29, 1.82) is 0 Å². The molecule has 0 bridgehead atoms. The summed E-state index contributed by atoms with van der Waals surface area (Å²) in [7, 11) is 0. The van der Waals surface area contributed by atoms with Gasteiger partial charge in [-0.1, -0.05) is 64.9 Å². The number of carbonyl (C=O) groups excluding carboxylic acids is 1. The van der Waals surface area contributed by atoms with Gasteiger partial charge in [0.25, 0.3) is 0 Å². The maximum absolute atomic E-state index is 11.6. The Morgan fingerprint density at radius 2 is 1.57 bits per heavy atom. The predicted molar refractivity (Wildman–Crippen MR) is 89.3 cm³/mol. The first-order valence-corrected chi connectivity index (χ1v) is 9.08. The van der Waals surface area contributed by atoms with Crippen molar-refractivity contribution >= 4 is 5.97 Å². The fourth-order valence-corrected chi connectivity index (χ4v) is 3.44. The van der Waals surface area contributed by atoms with Gasteiger partial charge in [-0.15, -0.1) is 0 Å². The second-order valence-electron chi connectivity index (χ2n) is 6.59. The quantitative estimate of drug-likeness (QED) is 0.267. The molecule has 0 unspecified atom stereocenters. The van der Waals surface area contributed by atoms with Crippen LogP contribution in [0.2, 0.25) is 0 Å². The number of carbonyl (C=O) groups is 1. The average molecular weight is 294 g/mol. The van der Waals surface area contributed by atoms with Crippen molar-refractivity contribution < 1.29 is 9.53 Å². The van der Waals surface area contributed by atoms with Crippen LogP contribution in [0.5, 0.6) is 0 Å². The van der Waals surface area contributed by atoms with Crippen LogP contribution in [-0.2, 0) is 9.53 Å². The van der Waals surface area contributed by atoms with Crippen LogP contribution in [0.25, 0.3) is 0 Å². The zero-order valence-corrected chi connectivity index (χ0v) is 14.0. The molecular formula is C19H34O2. The minimum Gasteiger partial charge on any atom is -0.456 e. The Morgan fingerprint density at radius 1 is 1.00 bits per heavy atom. The molecule has 1 rings (SSSR count). The topological polar surface area (TPSA) is 26.3 Å². The summed E-state index contributed by atoms with van der Waals surface area (Å²) >= 11 is 0. The SMILES string of the molecule is C=CC(=O)OC1(CCCCCCCCCC)CCCCC1. The van der Waals surface area contributed by atoms with Gasteiger partial charge in [0.15, 0.2) is 0 Å². The standard InChI is InChI=1S/C19H34O2/c1-3-5-6-7-8-9-10-12-15-19(21-18(20)4-2)16-13-11-14-17-19/h4H,2-3,5-17H2,1H3. The second-order valence-corrected chi connectivity index (χ2v) is 6.59. The van der Waals surface area contributed by atoms with E-state index >= 15 is 0 Å². The molecule has 0 spiro atoms. The van der Waals surface area contributed by atoms with Crippen LogP contribution in [0, 0.1) is 0 Å². The molecule has 0 atom stereocenters. The highest BCUT2D eigenvalue weighted by Crippen LogP contribution is 2.36. The summed E-state index contributed by atoms with van der Waals surface area (Å²) in [5.41, 5.74) is -0.175. The number of rotatable bonds is 11. The van der Waals surface area contributed by atoms with E-state index < -0.39 is 0 Å². The Bertz CT molecular complexity index is 290. The van der Waals surface area contributed by atoms with Crippen LogP contribution < -0.4 is 0 Å². The molecule has 1 fully saturated rings. The Kier molecular flexibility index (Phi) is 9.45. The molecule has 0 aromatic heterocycles. The van der Waals surface area contributed by atoms with E-state index in [0.717, 1.165) is 19.3 Å². The van der Waals surface area contributed by atoms with Gasteiger partial charge in [-0.05, 0) is 38.5 Å². The molecule has 21 heavy (non-hydrogen) atoms. The molecule has 0 saturated heterocycles.